The molecule has 1 atom stereocenters. The Labute approximate surface area is 208 Å². The van der Waals surface area contributed by atoms with Gasteiger partial charge in [-0.25, -0.2) is 4.98 Å². The van der Waals surface area contributed by atoms with E-state index in [2.05, 4.69) is 20.7 Å². The molecular weight excluding hydrogens is 466 g/mol. The van der Waals surface area contributed by atoms with E-state index >= 15 is 0 Å². The molecule has 0 aliphatic carbocycles. The predicted octanol–water partition coefficient (Wildman–Crippen LogP) is 5.17. The van der Waals surface area contributed by atoms with Crippen LogP contribution in [0.2, 0.25) is 5.15 Å². The van der Waals surface area contributed by atoms with Crippen molar-refractivity contribution in [1.29, 1.82) is 0 Å². The number of hydrogen-bond donors (Lipinski definition) is 2. The number of carbonyl (C=O) groups excluding carboxylic acids is 1. The van der Waals surface area contributed by atoms with Crippen LogP contribution in [0.15, 0.2) is 45.9 Å². The van der Waals surface area contributed by atoms with Crippen molar-refractivity contribution < 1.29 is 9.21 Å². The minimum absolute atomic E-state index is 0.0577. The van der Waals surface area contributed by atoms with Gasteiger partial charge in [0.1, 0.15) is 16.5 Å². The van der Waals surface area contributed by atoms with Gasteiger partial charge in [0.2, 0.25) is 0 Å². The lowest BCUT2D eigenvalue weighted by atomic mass is 9.99. The number of rotatable bonds is 6. The molecule has 9 heteroatoms. The summed E-state index contributed by atoms with van der Waals surface area (Å²) in [5.74, 6) is 0.158. The summed E-state index contributed by atoms with van der Waals surface area (Å²) in [6.45, 7) is 9.39. The average molecular weight is 494 g/mol. The van der Waals surface area contributed by atoms with E-state index in [1.807, 2.05) is 53.1 Å². The highest BCUT2D eigenvalue weighted by atomic mass is 35.5. The molecular formula is C26H28ClN5O3. The lowest BCUT2D eigenvalue weighted by Gasteiger charge is -2.20. The summed E-state index contributed by atoms with van der Waals surface area (Å²) in [7, 11) is 1.81. The van der Waals surface area contributed by atoms with Crippen LogP contribution in [0.3, 0.4) is 0 Å². The lowest BCUT2D eigenvalue weighted by Crippen LogP contribution is -2.31. The van der Waals surface area contributed by atoms with Gasteiger partial charge in [-0.1, -0.05) is 17.7 Å². The van der Waals surface area contributed by atoms with Gasteiger partial charge >= 0.3 is 0 Å². The van der Waals surface area contributed by atoms with Crippen LogP contribution in [0.5, 0.6) is 0 Å². The van der Waals surface area contributed by atoms with Crippen molar-refractivity contribution in [2.45, 2.75) is 46.7 Å². The molecule has 3 aromatic heterocycles. The van der Waals surface area contributed by atoms with E-state index in [1.165, 1.54) is 0 Å². The number of aryl methyl sites for hydroxylation is 2. The van der Waals surface area contributed by atoms with Gasteiger partial charge in [0.25, 0.3) is 5.91 Å². The van der Waals surface area contributed by atoms with E-state index in [9.17, 15) is 9.59 Å². The Morgan fingerprint density at radius 3 is 2.57 bits per heavy atom. The Balaban J connectivity index is 1.83. The van der Waals surface area contributed by atoms with E-state index in [1.54, 1.807) is 29.9 Å². The van der Waals surface area contributed by atoms with Crippen LogP contribution < -0.4 is 16.1 Å². The van der Waals surface area contributed by atoms with Crippen LogP contribution in [0, 0.1) is 13.8 Å². The Hall–Kier alpha value is -3.65. The number of anilines is 1. The van der Waals surface area contributed by atoms with E-state index in [-0.39, 0.29) is 34.3 Å². The second kappa shape index (κ2) is 9.54. The second-order valence-corrected chi connectivity index (χ2v) is 9.43. The van der Waals surface area contributed by atoms with Gasteiger partial charge in [0.15, 0.2) is 11.1 Å². The highest BCUT2D eigenvalue weighted by Crippen LogP contribution is 2.32. The molecule has 1 amide bonds. The van der Waals surface area contributed by atoms with Crippen LogP contribution >= 0.6 is 11.6 Å². The summed E-state index contributed by atoms with van der Waals surface area (Å²) in [4.78, 5) is 30.3. The highest BCUT2D eigenvalue weighted by Gasteiger charge is 2.22. The summed E-state index contributed by atoms with van der Waals surface area (Å²) in [5, 5.41) is 11.2. The fraction of sp³-hybridized carbons (Fsp3) is 0.308. The number of carbonyl (C=O) groups is 1. The molecule has 0 saturated carbocycles. The zero-order chi connectivity index (χ0) is 25.4. The first-order valence-corrected chi connectivity index (χ1v) is 11.7. The van der Waals surface area contributed by atoms with Crippen LogP contribution in [-0.2, 0) is 7.05 Å². The monoisotopic (exact) mass is 493 g/mol. The van der Waals surface area contributed by atoms with Gasteiger partial charge in [0.05, 0.1) is 28.9 Å². The lowest BCUT2D eigenvalue weighted by molar-refractivity contribution is 0.0939. The zero-order valence-corrected chi connectivity index (χ0v) is 21.3. The van der Waals surface area contributed by atoms with Crippen molar-refractivity contribution in [3.05, 3.63) is 74.4 Å². The molecule has 0 radical (unpaired) electrons. The van der Waals surface area contributed by atoms with Crippen LogP contribution in [0.25, 0.3) is 22.3 Å². The number of fused-ring (bicyclic) bond motifs is 1. The van der Waals surface area contributed by atoms with Crippen LogP contribution in [0.1, 0.15) is 54.0 Å². The quantitative estimate of drug-likeness (QED) is 0.359. The van der Waals surface area contributed by atoms with Crippen molar-refractivity contribution in [2.75, 3.05) is 5.32 Å². The Morgan fingerprint density at radius 2 is 1.91 bits per heavy atom. The van der Waals surface area contributed by atoms with E-state index < -0.39 is 0 Å². The molecule has 0 spiro atoms. The summed E-state index contributed by atoms with van der Waals surface area (Å²) in [6.07, 6.45) is 3.48. The maximum atomic E-state index is 13.3. The fourth-order valence-corrected chi connectivity index (χ4v) is 4.22. The van der Waals surface area contributed by atoms with E-state index in [0.29, 0.717) is 28.0 Å². The van der Waals surface area contributed by atoms with Gasteiger partial charge in [0, 0.05) is 30.4 Å². The maximum absolute atomic E-state index is 13.3. The van der Waals surface area contributed by atoms with Crippen molar-refractivity contribution in [1.82, 2.24) is 20.1 Å². The van der Waals surface area contributed by atoms with Gasteiger partial charge in [-0.3, -0.25) is 14.3 Å². The predicted molar refractivity (Wildman–Crippen MR) is 138 cm³/mol. The van der Waals surface area contributed by atoms with E-state index in [0.717, 1.165) is 16.7 Å². The first kappa shape index (κ1) is 24.5. The number of amides is 1. The van der Waals surface area contributed by atoms with Crippen LogP contribution in [0.4, 0.5) is 5.69 Å². The first-order valence-electron chi connectivity index (χ1n) is 11.4. The van der Waals surface area contributed by atoms with E-state index in [4.69, 9.17) is 16.0 Å². The molecule has 4 rings (SSSR count). The fourth-order valence-electron chi connectivity index (χ4n) is 4.07. The zero-order valence-electron chi connectivity index (χ0n) is 20.6. The molecule has 3 heterocycles. The Bertz CT molecular complexity index is 1490. The van der Waals surface area contributed by atoms with Gasteiger partial charge < -0.3 is 15.1 Å². The number of nitrogens with zero attached hydrogens (tertiary/aromatic N) is 3. The topological polar surface area (TPSA) is 102 Å². The first-order chi connectivity index (χ1) is 16.5. The van der Waals surface area contributed by atoms with Crippen molar-refractivity contribution in [3.8, 4) is 11.3 Å². The summed E-state index contributed by atoms with van der Waals surface area (Å²) >= 11 is 6.08. The molecule has 35 heavy (non-hydrogen) atoms. The minimum atomic E-state index is -0.327. The smallest absolute Gasteiger partial charge is 0.272 e. The molecule has 4 aromatic rings. The number of pyridine rings is 1. The molecule has 0 aliphatic heterocycles. The van der Waals surface area contributed by atoms with Crippen molar-refractivity contribution >= 4 is 34.2 Å². The number of nitrogens with one attached hydrogen (secondary N) is 2. The molecule has 2 N–H and O–H groups in total. The van der Waals surface area contributed by atoms with Crippen molar-refractivity contribution in [2.24, 2.45) is 7.05 Å². The summed E-state index contributed by atoms with van der Waals surface area (Å²) < 4.78 is 8.02. The molecule has 0 aliphatic rings. The third-order valence-electron chi connectivity index (χ3n) is 5.69. The molecule has 0 unspecified atom stereocenters. The molecule has 0 bridgehead atoms. The van der Waals surface area contributed by atoms with Gasteiger partial charge in [-0.2, -0.15) is 5.10 Å². The largest absolute Gasteiger partial charge is 0.455 e. The third-order valence-corrected chi connectivity index (χ3v) is 5.90. The molecule has 0 fully saturated rings. The van der Waals surface area contributed by atoms with Gasteiger partial charge in [-0.15, -0.1) is 0 Å². The third kappa shape index (κ3) is 4.93. The highest BCUT2D eigenvalue weighted by molar-refractivity contribution is 6.29. The molecule has 1 aromatic carbocycles. The Kier molecular flexibility index (Phi) is 6.67. The number of halogens is 1. The van der Waals surface area contributed by atoms with Gasteiger partial charge in [-0.05, 0) is 58.4 Å². The number of aromatic nitrogens is 3. The normalized spacial score (nSPS) is 12.2. The Morgan fingerprint density at radius 1 is 1.17 bits per heavy atom. The van der Waals surface area contributed by atoms with Crippen LogP contribution in [-0.4, -0.2) is 26.7 Å². The number of benzene rings is 1. The summed E-state index contributed by atoms with van der Waals surface area (Å²) in [5.41, 5.74) is 4.08. The number of hydrogen-bond acceptors (Lipinski definition) is 6. The second-order valence-electron chi connectivity index (χ2n) is 9.04. The summed E-state index contributed by atoms with van der Waals surface area (Å²) in [6, 6.07) is 6.78. The molecule has 8 nitrogen and oxygen atoms in total. The standard InChI is InChI=1S/C26H28ClN5O3/c1-13(2)29-26(34)22-20(7-8-21(27)31-22)30-16(5)18-9-14(3)10-19-23(33)15(4)24(35-25(18)19)17-11-28-32(6)12-17/h7-13,16,30H,1-6H3,(H,29,34)/t16-/m1/s1. The van der Waals surface area contributed by atoms with Crippen molar-refractivity contribution in [3.63, 3.8) is 0 Å². The minimum Gasteiger partial charge on any atom is -0.455 e. The SMILES string of the molecule is Cc1cc([C@@H](C)Nc2ccc(Cl)nc2C(=O)NC(C)C)c2oc(-c3cnn(C)c3)c(C)c(=O)c2c1. The molecule has 182 valence electrons. The molecule has 0 saturated heterocycles. The average Bonchev–Trinajstić information content (AvgIpc) is 3.22. The maximum Gasteiger partial charge on any atom is 0.272 e.